The van der Waals surface area contributed by atoms with Crippen LogP contribution in [0, 0.1) is 0 Å². The van der Waals surface area contributed by atoms with Crippen LogP contribution in [-0.4, -0.2) is 45.0 Å². The predicted octanol–water partition coefficient (Wildman–Crippen LogP) is 0.351. The van der Waals surface area contributed by atoms with Crippen molar-refractivity contribution in [2.24, 2.45) is 0 Å². The summed E-state index contributed by atoms with van der Waals surface area (Å²) in [7, 11) is 2.27. The summed E-state index contributed by atoms with van der Waals surface area (Å²) in [5, 5.41) is 2.71. The molecule has 0 rings (SSSR count). The minimum absolute atomic E-state index is 0.279. The van der Waals surface area contributed by atoms with E-state index in [0.717, 1.165) is 0 Å². The summed E-state index contributed by atoms with van der Waals surface area (Å²) in [6.45, 7) is 6.14. The molecule has 0 aromatic heterocycles. The van der Waals surface area contributed by atoms with Gasteiger partial charge in [0.1, 0.15) is 12.6 Å². The van der Waals surface area contributed by atoms with Gasteiger partial charge in [-0.2, -0.15) is 0 Å². The Kier molecular flexibility index (Phi) is 10.2. The van der Waals surface area contributed by atoms with Crippen molar-refractivity contribution >= 4 is 15.4 Å². The summed E-state index contributed by atoms with van der Waals surface area (Å²) in [5.74, 6) is -0.279. The van der Waals surface area contributed by atoms with E-state index in [1.807, 2.05) is 6.92 Å². The van der Waals surface area contributed by atoms with E-state index < -0.39 is 0 Å². The number of esters is 1. The van der Waals surface area contributed by atoms with E-state index >= 15 is 0 Å². The molecule has 0 aromatic rings. The van der Waals surface area contributed by atoms with Gasteiger partial charge in [-0.1, -0.05) is 9.39 Å². The van der Waals surface area contributed by atoms with Crippen molar-refractivity contribution in [3.05, 3.63) is 0 Å². The highest BCUT2D eigenvalue weighted by Gasteiger charge is 2.10. The number of nitrogens with one attached hydrogen (secondary N) is 1. The number of rotatable bonds is 9. The minimum Gasteiger partial charge on any atom is -0.462 e. The maximum absolute atomic E-state index is 11.1. The van der Waals surface area contributed by atoms with E-state index in [9.17, 15) is 4.79 Å². The first-order valence-electron chi connectivity index (χ1n) is 5.00. The molecule has 0 aliphatic carbocycles. The lowest BCUT2D eigenvalue weighted by Gasteiger charge is -2.10. The van der Waals surface area contributed by atoms with E-state index in [0.29, 0.717) is 26.4 Å². The zero-order valence-corrected chi connectivity index (χ0v) is 10.5. The van der Waals surface area contributed by atoms with Gasteiger partial charge in [0.2, 0.25) is 0 Å². The summed E-state index contributed by atoms with van der Waals surface area (Å²) in [5.41, 5.74) is 0. The quantitative estimate of drug-likeness (QED) is 0.356. The second kappa shape index (κ2) is 10.3. The summed E-state index contributed by atoms with van der Waals surface area (Å²) in [6, 6.07) is -0.307. The van der Waals surface area contributed by atoms with Gasteiger partial charge < -0.3 is 14.2 Å². The lowest BCUT2D eigenvalue weighted by Crippen LogP contribution is -2.29. The van der Waals surface area contributed by atoms with Gasteiger partial charge in [0.25, 0.3) is 0 Å². The molecule has 0 aliphatic heterocycles. The molecular weight excluding hydrogens is 217 g/mol. The monoisotopic (exact) mass is 237 g/mol. The Labute approximate surface area is 93.1 Å². The predicted molar refractivity (Wildman–Crippen MR) is 60.6 cm³/mol. The van der Waals surface area contributed by atoms with Crippen LogP contribution in [-0.2, 0) is 19.0 Å². The Morgan fingerprint density at radius 3 is 2.47 bits per heavy atom. The van der Waals surface area contributed by atoms with E-state index in [2.05, 4.69) is 14.5 Å². The summed E-state index contributed by atoms with van der Waals surface area (Å²) >= 11 is 0. The maximum Gasteiger partial charge on any atom is 0.323 e. The highest BCUT2D eigenvalue weighted by atomic mass is 31.0. The lowest BCUT2D eigenvalue weighted by atomic mass is 10.4. The normalized spacial score (nSPS) is 12.5. The third kappa shape index (κ3) is 8.75. The molecule has 6 heteroatoms. The van der Waals surface area contributed by atoms with Crippen molar-refractivity contribution in [2.75, 3.05) is 33.0 Å². The van der Waals surface area contributed by atoms with Gasteiger partial charge >= 0.3 is 5.97 Å². The second-order valence-electron chi connectivity index (χ2n) is 2.87. The molecule has 5 nitrogen and oxygen atoms in total. The zero-order chi connectivity index (χ0) is 11.5. The molecule has 15 heavy (non-hydrogen) atoms. The van der Waals surface area contributed by atoms with Crippen molar-refractivity contribution in [2.45, 2.75) is 19.9 Å². The number of carbonyl (C=O) groups is 1. The van der Waals surface area contributed by atoms with Gasteiger partial charge in [-0.25, -0.2) is 0 Å². The van der Waals surface area contributed by atoms with Crippen LogP contribution in [0.4, 0.5) is 0 Å². The van der Waals surface area contributed by atoms with Crippen LogP contribution >= 0.6 is 9.39 Å². The van der Waals surface area contributed by atoms with Crippen molar-refractivity contribution in [1.82, 2.24) is 5.09 Å². The molecule has 0 radical (unpaired) electrons. The molecule has 0 fully saturated rings. The minimum atomic E-state index is -0.307. The number of hydrogen-bond acceptors (Lipinski definition) is 5. The molecule has 0 saturated carbocycles. The van der Waals surface area contributed by atoms with Gasteiger partial charge in [-0.3, -0.25) is 9.88 Å². The fourth-order valence-corrected chi connectivity index (χ4v) is 0.895. The van der Waals surface area contributed by atoms with Crippen LogP contribution in [0.3, 0.4) is 0 Å². The van der Waals surface area contributed by atoms with Crippen LogP contribution in [0.15, 0.2) is 0 Å². The van der Waals surface area contributed by atoms with Crippen LogP contribution in [0.1, 0.15) is 13.8 Å². The number of ether oxygens (including phenoxy) is 3. The van der Waals surface area contributed by atoms with Gasteiger partial charge in [0, 0.05) is 6.61 Å². The Hall–Kier alpha value is -0.220. The van der Waals surface area contributed by atoms with Crippen molar-refractivity contribution in [3.8, 4) is 0 Å². The van der Waals surface area contributed by atoms with E-state index in [1.165, 1.54) is 0 Å². The molecule has 0 aliphatic rings. The summed E-state index contributed by atoms with van der Waals surface area (Å²) < 4.78 is 15.2. The highest BCUT2D eigenvalue weighted by molar-refractivity contribution is 7.13. The first kappa shape index (κ1) is 14.8. The molecule has 1 N–H and O–H groups in total. The molecular formula is C9H20NO4P. The first-order chi connectivity index (χ1) is 7.22. The summed E-state index contributed by atoms with van der Waals surface area (Å²) in [4.78, 5) is 11.1. The molecule has 0 heterocycles. The van der Waals surface area contributed by atoms with Crippen molar-refractivity contribution < 1.29 is 19.0 Å². The van der Waals surface area contributed by atoms with Crippen LogP contribution in [0.2, 0.25) is 0 Å². The smallest absolute Gasteiger partial charge is 0.323 e. The Balaban J connectivity index is 3.20. The number of hydrogen-bond donors (Lipinski definition) is 1. The van der Waals surface area contributed by atoms with E-state index in [-0.39, 0.29) is 18.6 Å². The largest absolute Gasteiger partial charge is 0.462 e. The summed E-state index contributed by atoms with van der Waals surface area (Å²) in [6.07, 6.45) is 0. The zero-order valence-electron chi connectivity index (χ0n) is 9.32. The fraction of sp³-hybridized carbons (Fsp3) is 0.889. The molecule has 90 valence electrons. The van der Waals surface area contributed by atoms with Crippen LogP contribution in [0.5, 0.6) is 0 Å². The van der Waals surface area contributed by atoms with Crippen LogP contribution < -0.4 is 5.09 Å². The van der Waals surface area contributed by atoms with Crippen molar-refractivity contribution in [1.29, 1.82) is 0 Å². The Morgan fingerprint density at radius 1 is 1.27 bits per heavy atom. The van der Waals surface area contributed by atoms with Gasteiger partial charge in [-0.15, -0.1) is 0 Å². The van der Waals surface area contributed by atoms with Crippen molar-refractivity contribution in [3.63, 3.8) is 0 Å². The average Bonchev–Trinajstić information content (AvgIpc) is 2.26. The molecule has 0 aromatic carbocycles. The lowest BCUT2D eigenvalue weighted by molar-refractivity contribution is -0.146. The van der Waals surface area contributed by atoms with Gasteiger partial charge in [0.15, 0.2) is 0 Å². The molecule has 2 atom stereocenters. The van der Waals surface area contributed by atoms with Crippen LogP contribution in [0.25, 0.3) is 0 Å². The molecule has 0 bridgehead atoms. The molecule has 0 saturated heterocycles. The molecule has 1 unspecified atom stereocenters. The third-order valence-corrected chi connectivity index (χ3v) is 2.15. The molecule has 0 spiro atoms. The number of carbonyl (C=O) groups excluding carboxylic acids is 1. The fourth-order valence-electron chi connectivity index (χ4n) is 0.758. The van der Waals surface area contributed by atoms with Gasteiger partial charge in [-0.05, 0) is 13.8 Å². The molecule has 0 amide bonds. The highest BCUT2D eigenvalue weighted by Crippen LogP contribution is 1.90. The van der Waals surface area contributed by atoms with E-state index in [1.54, 1.807) is 6.92 Å². The van der Waals surface area contributed by atoms with Gasteiger partial charge in [0.05, 0.1) is 19.8 Å². The topological polar surface area (TPSA) is 56.8 Å². The average molecular weight is 237 g/mol. The SMILES string of the molecule is CCOCCOCCOC(=O)[C@H](C)NP. The Morgan fingerprint density at radius 2 is 1.87 bits per heavy atom. The van der Waals surface area contributed by atoms with E-state index in [4.69, 9.17) is 14.2 Å². The third-order valence-electron chi connectivity index (χ3n) is 1.65. The Bertz CT molecular complexity index is 168. The maximum atomic E-state index is 11.1. The second-order valence-corrected chi connectivity index (χ2v) is 3.20. The first-order valence-corrected chi connectivity index (χ1v) is 5.58. The standard InChI is InChI=1S/C9H20NO4P/c1-3-12-4-5-13-6-7-14-9(11)8(2)10-15/h8,10H,3-7,15H2,1-2H3/t8-/m0/s1.